The number of hydrazine groups is 1. The number of nitrogens with zero attached hydrogens (tertiary/aromatic N) is 1. The number of aliphatic hydroxyl groups is 1. The number of fused-ring (bicyclic) bond motifs is 1. The number of benzene rings is 3. The van der Waals surface area contributed by atoms with Crippen LogP contribution in [0.2, 0.25) is 0 Å². The Morgan fingerprint density at radius 2 is 1.83 bits per heavy atom. The molecule has 12 heteroatoms. The van der Waals surface area contributed by atoms with Crippen LogP contribution in [0.15, 0.2) is 82.7 Å². The van der Waals surface area contributed by atoms with Gasteiger partial charge in [-0.05, 0) is 67.4 Å². The summed E-state index contributed by atoms with van der Waals surface area (Å²) in [6.45, 7) is 2.56. The molecule has 0 radical (unpaired) electrons. The third-order valence-corrected chi connectivity index (χ3v) is 8.85. The molecule has 0 fully saturated rings. The summed E-state index contributed by atoms with van der Waals surface area (Å²) in [6, 6.07) is 20.6. The molecule has 5 rings (SSSR count). The molecule has 0 saturated heterocycles. The molecule has 0 saturated carbocycles. The molecule has 3 aromatic rings. The fourth-order valence-corrected chi connectivity index (χ4v) is 6.06. The highest BCUT2D eigenvalue weighted by atomic mass is 32.2. The number of aliphatic hydroxyl groups excluding tert-OH is 1. The van der Waals surface area contributed by atoms with E-state index in [0.29, 0.717) is 35.8 Å². The Labute approximate surface area is 244 Å². The van der Waals surface area contributed by atoms with Crippen molar-refractivity contribution < 1.29 is 37.3 Å². The highest BCUT2D eigenvalue weighted by Gasteiger charge is 2.50. The molecule has 11 nitrogen and oxygen atoms in total. The van der Waals surface area contributed by atoms with E-state index in [9.17, 15) is 13.2 Å². The maximum absolute atomic E-state index is 13.7. The molecule has 2 aliphatic rings. The van der Waals surface area contributed by atoms with Crippen molar-refractivity contribution in [2.75, 3.05) is 25.8 Å². The van der Waals surface area contributed by atoms with Gasteiger partial charge in [0.05, 0.1) is 17.3 Å². The summed E-state index contributed by atoms with van der Waals surface area (Å²) in [7, 11) is -3.70. The molecule has 0 aromatic heterocycles. The maximum Gasteiger partial charge on any atom is 0.266 e. The number of hydrogen-bond acceptors (Lipinski definition) is 10. The van der Waals surface area contributed by atoms with Crippen LogP contribution in [0.5, 0.6) is 17.2 Å². The van der Waals surface area contributed by atoms with Crippen LogP contribution < -0.4 is 25.1 Å². The van der Waals surface area contributed by atoms with Gasteiger partial charge in [-0.1, -0.05) is 24.3 Å². The number of aliphatic imine (C=N–C) groups is 1. The average molecular weight is 596 g/mol. The lowest BCUT2D eigenvalue weighted by Gasteiger charge is -2.28. The summed E-state index contributed by atoms with van der Waals surface area (Å²) in [6.07, 6.45) is -0.345. The van der Waals surface area contributed by atoms with E-state index >= 15 is 0 Å². The molecular weight excluding hydrogens is 562 g/mol. The first-order valence-corrected chi connectivity index (χ1v) is 15.3. The van der Waals surface area contributed by atoms with Gasteiger partial charge in [0.15, 0.2) is 26.9 Å². The van der Waals surface area contributed by atoms with Gasteiger partial charge in [-0.15, -0.1) is 0 Å². The van der Waals surface area contributed by atoms with Crippen molar-refractivity contribution in [2.24, 2.45) is 4.99 Å². The average Bonchev–Trinajstić information content (AvgIpc) is 3.61. The molecule has 0 bridgehead atoms. The van der Waals surface area contributed by atoms with E-state index in [1.54, 1.807) is 55.5 Å². The molecule has 42 heavy (non-hydrogen) atoms. The molecular formula is C30H33N3O8S. The number of amides is 1. The molecule has 2 heterocycles. The zero-order chi connectivity index (χ0) is 29.6. The van der Waals surface area contributed by atoms with Crippen LogP contribution in [0.4, 0.5) is 0 Å². The fraction of sp³-hybridized carbons (Fsp3) is 0.333. The van der Waals surface area contributed by atoms with Crippen molar-refractivity contribution in [1.29, 1.82) is 0 Å². The number of carbonyl (C=O) groups excluding carboxylic acids is 1. The molecule has 2 atom stereocenters. The monoisotopic (exact) mass is 595 g/mol. The zero-order valence-electron chi connectivity index (χ0n) is 23.1. The SMILES string of the molecule is C[C@@H]1OC(c2ccc(OCCCO)cc2)=N[C@]1(CCS(=O)(=O)c1ccccc1)C(=O)NNCc1ccc2c(c1)OCO2. The van der Waals surface area contributed by atoms with Gasteiger partial charge in [0, 0.05) is 25.1 Å². The quantitative estimate of drug-likeness (QED) is 0.201. The smallest absolute Gasteiger partial charge is 0.266 e. The van der Waals surface area contributed by atoms with E-state index in [-0.39, 0.29) is 42.9 Å². The van der Waals surface area contributed by atoms with E-state index in [1.165, 1.54) is 12.1 Å². The summed E-state index contributed by atoms with van der Waals surface area (Å²) in [5.74, 6) is 1.30. The second kappa shape index (κ2) is 12.8. The van der Waals surface area contributed by atoms with Crippen molar-refractivity contribution in [2.45, 2.75) is 42.8 Å². The van der Waals surface area contributed by atoms with Crippen molar-refractivity contribution >= 4 is 21.6 Å². The molecule has 0 spiro atoms. The number of nitrogens with one attached hydrogen (secondary N) is 2. The zero-order valence-corrected chi connectivity index (χ0v) is 23.9. The minimum Gasteiger partial charge on any atom is -0.494 e. The summed E-state index contributed by atoms with van der Waals surface area (Å²) in [4.78, 5) is 18.6. The molecule has 0 unspecified atom stereocenters. The van der Waals surface area contributed by atoms with Gasteiger partial charge in [-0.25, -0.2) is 18.8 Å². The Morgan fingerprint density at radius 3 is 2.60 bits per heavy atom. The summed E-state index contributed by atoms with van der Waals surface area (Å²) >= 11 is 0. The Morgan fingerprint density at radius 1 is 1.07 bits per heavy atom. The Kier molecular flexibility index (Phi) is 8.95. The third kappa shape index (κ3) is 6.51. The van der Waals surface area contributed by atoms with Crippen LogP contribution in [0.3, 0.4) is 0 Å². The van der Waals surface area contributed by atoms with Crippen LogP contribution in [0.25, 0.3) is 0 Å². The van der Waals surface area contributed by atoms with Crippen molar-refractivity contribution in [3.63, 3.8) is 0 Å². The Hall–Kier alpha value is -4.13. The number of hydrogen-bond donors (Lipinski definition) is 3. The number of ether oxygens (including phenoxy) is 4. The van der Waals surface area contributed by atoms with Gasteiger partial charge in [-0.3, -0.25) is 10.2 Å². The highest BCUT2D eigenvalue weighted by Crippen LogP contribution is 2.34. The van der Waals surface area contributed by atoms with E-state index < -0.39 is 27.4 Å². The lowest BCUT2D eigenvalue weighted by molar-refractivity contribution is -0.129. The van der Waals surface area contributed by atoms with E-state index in [1.807, 2.05) is 12.1 Å². The van der Waals surface area contributed by atoms with Crippen LogP contribution >= 0.6 is 0 Å². The highest BCUT2D eigenvalue weighted by molar-refractivity contribution is 7.91. The number of rotatable bonds is 13. The fourth-order valence-electron chi connectivity index (χ4n) is 4.67. The molecule has 1 amide bonds. The predicted octanol–water partition coefficient (Wildman–Crippen LogP) is 2.77. The minimum atomic E-state index is -3.70. The first-order valence-electron chi connectivity index (χ1n) is 13.6. The van der Waals surface area contributed by atoms with Crippen LogP contribution in [-0.2, 0) is 25.9 Å². The van der Waals surface area contributed by atoms with E-state index in [0.717, 1.165) is 5.56 Å². The first kappa shape index (κ1) is 29.4. The Balaban J connectivity index is 1.35. The topological polar surface area (TPSA) is 145 Å². The lowest BCUT2D eigenvalue weighted by atomic mass is 9.90. The standard InChI is InChI=1S/C30H33N3O8S/c1-21-30(14-17-42(36,37)25-6-3-2-4-7-25,29(35)33-31-19-22-8-13-26-27(18-22)40-20-39-26)32-28(41-21)23-9-11-24(12-10-23)38-16-5-15-34/h2-4,6-13,18,21,31,34H,5,14-17,19-20H2,1H3,(H,33,35)/t21-,30-/m0/s1. The van der Waals surface area contributed by atoms with Crippen LogP contribution in [0.1, 0.15) is 30.9 Å². The van der Waals surface area contributed by atoms with Crippen molar-refractivity contribution in [3.8, 4) is 17.2 Å². The maximum atomic E-state index is 13.7. The molecule has 2 aliphatic heterocycles. The lowest BCUT2D eigenvalue weighted by Crippen LogP contribution is -2.55. The van der Waals surface area contributed by atoms with E-state index in [4.69, 9.17) is 29.0 Å². The number of carbonyl (C=O) groups is 1. The summed E-state index contributed by atoms with van der Waals surface area (Å²) < 4.78 is 48.7. The van der Waals surface area contributed by atoms with Crippen LogP contribution in [-0.4, -0.2) is 62.7 Å². The second-order valence-corrected chi connectivity index (χ2v) is 12.0. The van der Waals surface area contributed by atoms with Crippen LogP contribution in [0, 0.1) is 0 Å². The molecule has 222 valence electrons. The minimum absolute atomic E-state index is 0.0380. The largest absolute Gasteiger partial charge is 0.494 e. The summed E-state index contributed by atoms with van der Waals surface area (Å²) in [5, 5.41) is 8.96. The third-order valence-electron chi connectivity index (χ3n) is 7.11. The van der Waals surface area contributed by atoms with Gasteiger partial charge >= 0.3 is 0 Å². The van der Waals surface area contributed by atoms with Gasteiger partial charge in [0.25, 0.3) is 5.91 Å². The first-order chi connectivity index (χ1) is 20.3. The second-order valence-electron chi connectivity index (χ2n) is 9.93. The van der Waals surface area contributed by atoms with Gasteiger partial charge in [-0.2, -0.15) is 0 Å². The summed E-state index contributed by atoms with van der Waals surface area (Å²) in [5.41, 5.74) is 5.59. The van der Waals surface area contributed by atoms with Gasteiger partial charge in [0.2, 0.25) is 12.7 Å². The number of sulfone groups is 1. The molecule has 3 N–H and O–H groups in total. The Bertz CT molecular complexity index is 1530. The van der Waals surface area contributed by atoms with Gasteiger partial charge < -0.3 is 24.1 Å². The van der Waals surface area contributed by atoms with Gasteiger partial charge in [0.1, 0.15) is 11.9 Å². The van der Waals surface area contributed by atoms with E-state index in [2.05, 4.69) is 10.9 Å². The molecule has 3 aromatic carbocycles. The predicted molar refractivity (Wildman–Crippen MR) is 154 cm³/mol. The van der Waals surface area contributed by atoms with Crippen molar-refractivity contribution in [1.82, 2.24) is 10.9 Å². The molecule has 0 aliphatic carbocycles. The van der Waals surface area contributed by atoms with Crippen molar-refractivity contribution in [3.05, 3.63) is 83.9 Å². The normalized spacial score (nSPS) is 19.2.